The van der Waals surface area contributed by atoms with Gasteiger partial charge in [0.2, 0.25) is 0 Å². The second kappa shape index (κ2) is 10.9. The van der Waals surface area contributed by atoms with Crippen LogP contribution in [-0.2, 0) is 9.53 Å². The molecule has 1 amide bonds. The van der Waals surface area contributed by atoms with Gasteiger partial charge in [-0.3, -0.25) is 4.79 Å². The average molecular weight is 419 g/mol. The maximum absolute atomic E-state index is 12.6. The quantitative estimate of drug-likeness (QED) is 0.615. The molecule has 0 unspecified atom stereocenters. The Morgan fingerprint density at radius 3 is 2.60 bits per heavy atom. The van der Waals surface area contributed by atoms with Gasteiger partial charge < -0.3 is 34.2 Å². The van der Waals surface area contributed by atoms with Crippen LogP contribution in [0.2, 0.25) is 0 Å². The van der Waals surface area contributed by atoms with Crippen molar-refractivity contribution in [3.8, 4) is 11.5 Å². The number of rotatable bonds is 10. The van der Waals surface area contributed by atoms with E-state index in [2.05, 4.69) is 10.2 Å². The Balaban J connectivity index is 1.74. The number of amides is 1. The number of benzene rings is 1. The molecule has 3 N–H and O–H groups in total. The van der Waals surface area contributed by atoms with Gasteiger partial charge in [0.05, 0.1) is 44.1 Å². The molecule has 0 radical (unpaired) electrons. The third kappa shape index (κ3) is 5.67. The molecule has 8 heteroatoms. The fourth-order valence-corrected chi connectivity index (χ4v) is 3.40. The first-order valence-electron chi connectivity index (χ1n) is 10.5. The molecular formula is C22H32N3O5+. The summed E-state index contributed by atoms with van der Waals surface area (Å²) in [6.45, 7) is 10.1. The number of hydrogen-bond donors (Lipinski definition) is 2. The Morgan fingerprint density at radius 2 is 1.93 bits per heavy atom. The van der Waals surface area contributed by atoms with Crippen molar-refractivity contribution in [2.45, 2.75) is 26.8 Å². The molecular weight excluding hydrogens is 386 g/mol. The van der Waals surface area contributed by atoms with Crippen LogP contribution < -0.4 is 25.0 Å². The molecule has 1 aromatic heterocycles. The number of hydrogen-bond acceptors (Lipinski definition) is 6. The third-order valence-electron chi connectivity index (χ3n) is 4.94. The predicted octanol–water partition coefficient (Wildman–Crippen LogP) is 2.18. The smallest absolute Gasteiger partial charge is 0.279 e. The van der Waals surface area contributed by atoms with Crippen LogP contribution in [0.3, 0.4) is 0 Å². The van der Waals surface area contributed by atoms with Crippen LogP contribution in [0.5, 0.6) is 11.5 Å². The number of ether oxygens (including phenoxy) is 3. The molecule has 2 aromatic rings. The first-order chi connectivity index (χ1) is 14.6. The summed E-state index contributed by atoms with van der Waals surface area (Å²) in [6.07, 6.45) is 1.64. The molecule has 1 aliphatic heterocycles. The number of furan rings is 1. The van der Waals surface area contributed by atoms with Crippen LogP contribution in [-0.4, -0.2) is 52.0 Å². The summed E-state index contributed by atoms with van der Waals surface area (Å²) >= 11 is 0. The topological polar surface area (TPSA) is 89.8 Å². The van der Waals surface area contributed by atoms with Crippen molar-refractivity contribution in [2.24, 2.45) is 0 Å². The van der Waals surface area contributed by atoms with E-state index in [1.54, 1.807) is 6.26 Å². The molecule has 30 heavy (non-hydrogen) atoms. The highest BCUT2D eigenvalue weighted by Gasteiger charge is 2.21. The molecule has 2 heterocycles. The van der Waals surface area contributed by atoms with Crippen LogP contribution in [0.4, 0.5) is 11.4 Å². The van der Waals surface area contributed by atoms with Gasteiger partial charge in [0.1, 0.15) is 17.5 Å². The van der Waals surface area contributed by atoms with Crippen LogP contribution >= 0.6 is 0 Å². The van der Waals surface area contributed by atoms with Crippen molar-refractivity contribution < 1.29 is 28.7 Å². The van der Waals surface area contributed by atoms with Crippen LogP contribution in [0, 0.1) is 0 Å². The number of carbonyl (C=O) groups is 1. The van der Waals surface area contributed by atoms with Crippen LogP contribution in [0.15, 0.2) is 34.9 Å². The monoisotopic (exact) mass is 418 g/mol. The van der Waals surface area contributed by atoms with Crippen molar-refractivity contribution >= 4 is 17.3 Å². The zero-order valence-corrected chi connectivity index (χ0v) is 18.0. The summed E-state index contributed by atoms with van der Waals surface area (Å²) < 4.78 is 22.6. The lowest BCUT2D eigenvalue weighted by atomic mass is 10.2. The molecule has 1 saturated heterocycles. The molecule has 1 aliphatic rings. The summed E-state index contributed by atoms with van der Waals surface area (Å²) in [5.41, 5.74) is 1.57. The number of morpholine rings is 1. The summed E-state index contributed by atoms with van der Waals surface area (Å²) in [6, 6.07) is 7.61. The van der Waals surface area contributed by atoms with Gasteiger partial charge in [-0.2, -0.15) is 0 Å². The molecule has 0 spiro atoms. The second-order valence-electron chi connectivity index (χ2n) is 7.07. The minimum atomic E-state index is -0.115. The summed E-state index contributed by atoms with van der Waals surface area (Å²) in [5.74, 6) is 2.09. The van der Waals surface area contributed by atoms with E-state index >= 15 is 0 Å². The minimum absolute atomic E-state index is 0.0554. The van der Waals surface area contributed by atoms with Gasteiger partial charge in [0.25, 0.3) is 5.91 Å². The molecule has 1 fully saturated rings. The normalized spacial score (nSPS) is 15.0. The molecule has 3 rings (SSSR count). The lowest BCUT2D eigenvalue weighted by Crippen LogP contribution is -2.86. The molecule has 0 saturated carbocycles. The molecule has 164 valence electrons. The fourth-order valence-electron chi connectivity index (χ4n) is 3.40. The van der Waals surface area contributed by atoms with Gasteiger partial charge in [-0.05, 0) is 32.9 Å². The average Bonchev–Trinajstić information content (AvgIpc) is 3.30. The highest BCUT2D eigenvalue weighted by atomic mass is 16.5. The van der Waals surface area contributed by atoms with Gasteiger partial charge in [-0.1, -0.05) is 0 Å². The zero-order valence-electron chi connectivity index (χ0n) is 18.0. The van der Waals surface area contributed by atoms with Crippen LogP contribution in [0.1, 0.15) is 32.6 Å². The Morgan fingerprint density at radius 1 is 1.20 bits per heavy atom. The van der Waals surface area contributed by atoms with Crippen molar-refractivity contribution in [1.82, 2.24) is 0 Å². The largest absolute Gasteiger partial charge is 0.492 e. The minimum Gasteiger partial charge on any atom is -0.492 e. The van der Waals surface area contributed by atoms with Crippen LogP contribution in [0.25, 0.3) is 0 Å². The summed E-state index contributed by atoms with van der Waals surface area (Å²) in [7, 11) is 0. The number of carbonyl (C=O) groups excluding carboxylic acids is 1. The van der Waals surface area contributed by atoms with E-state index in [0.29, 0.717) is 37.9 Å². The maximum Gasteiger partial charge on any atom is 0.279 e. The van der Waals surface area contributed by atoms with Gasteiger partial charge >= 0.3 is 0 Å². The van der Waals surface area contributed by atoms with Gasteiger partial charge in [-0.15, -0.1) is 0 Å². The number of nitrogens with one attached hydrogen (secondary N) is 1. The summed E-state index contributed by atoms with van der Waals surface area (Å²) in [5, 5.41) is 4.91. The molecule has 1 atom stereocenters. The Kier molecular flexibility index (Phi) is 7.98. The van der Waals surface area contributed by atoms with Crippen molar-refractivity contribution in [3.63, 3.8) is 0 Å². The highest BCUT2D eigenvalue weighted by Crippen LogP contribution is 2.39. The number of anilines is 2. The Hall–Kier alpha value is -2.71. The van der Waals surface area contributed by atoms with Crippen molar-refractivity contribution in [3.05, 3.63) is 36.3 Å². The number of quaternary nitrogens is 1. The van der Waals surface area contributed by atoms with E-state index in [9.17, 15) is 4.79 Å². The van der Waals surface area contributed by atoms with E-state index in [0.717, 1.165) is 30.3 Å². The molecule has 8 nitrogen and oxygen atoms in total. The first-order valence-corrected chi connectivity index (χ1v) is 10.5. The first kappa shape index (κ1) is 22.0. The van der Waals surface area contributed by atoms with Gasteiger partial charge in [0, 0.05) is 25.2 Å². The molecule has 1 aromatic carbocycles. The second-order valence-corrected chi connectivity index (χ2v) is 7.07. The van der Waals surface area contributed by atoms with Crippen molar-refractivity contribution in [1.29, 1.82) is 0 Å². The Bertz CT molecular complexity index is 803. The van der Waals surface area contributed by atoms with E-state index < -0.39 is 0 Å². The lowest BCUT2D eigenvalue weighted by Gasteiger charge is -2.31. The lowest BCUT2D eigenvalue weighted by molar-refractivity contribution is -0.684. The van der Waals surface area contributed by atoms with E-state index in [1.165, 1.54) is 0 Å². The Labute approximate surface area is 177 Å². The van der Waals surface area contributed by atoms with E-state index in [1.807, 2.05) is 50.4 Å². The molecule has 0 aliphatic carbocycles. The third-order valence-corrected chi connectivity index (χ3v) is 4.94. The molecule has 0 bridgehead atoms. The van der Waals surface area contributed by atoms with E-state index in [4.69, 9.17) is 18.6 Å². The predicted molar refractivity (Wildman–Crippen MR) is 114 cm³/mol. The number of nitrogens with two attached hydrogens (primary N) is 1. The summed E-state index contributed by atoms with van der Waals surface area (Å²) in [4.78, 5) is 14.8. The highest BCUT2D eigenvalue weighted by molar-refractivity contribution is 5.94. The maximum atomic E-state index is 12.6. The standard InChI is InChI=1S/C22H31N3O5/c1-4-28-20-14-18(25-8-11-27-12-9-25)21(29-5-2)13-17(20)24-22(26)15-23-16(3)19-7-6-10-30-19/h6-7,10,13-14,16,23H,4-5,8-9,11-12,15H2,1-3H3,(H,24,26)/p+1/t16-/m0/s1. The van der Waals surface area contributed by atoms with Gasteiger partial charge in [0.15, 0.2) is 12.3 Å². The SMILES string of the molecule is CCOc1cc(N2CCOCC2)c(OCC)cc1NC(=O)C[NH2+][C@@H](C)c1ccco1. The van der Waals surface area contributed by atoms with Gasteiger partial charge in [-0.25, -0.2) is 0 Å². The fraction of sp³-hybridized carbons (Fsp3) is 0.500. The zero-order chi connectivity index (χ0) is 21.3. The number of nitrogens with zero attached hydrogens (tertiary/aromatic N) is 1. The van der Waals surface area contributed by atoms with E-state index in [-0.39, 0.29) is 18.5 Å². The van der Waals surface area contributed by atoms with Crippen molar-refractivity contribution in [2.75, 3.05) is 56.3 Å².